The summed E-state index contributed by atoms with van der Waals surface area (Å²) in [4.78, 5) is 23.9. The maximum absolute atomic E-state index is 12.9. The first kappa shape index (κ1) is 21.4. The summed E-state index contributed by atoms with van der Waals surface area (Å²) < 4.78 is 8.11. The fourth-order valence-electron chi connectivity index (χ4n) is 4.81. The number of likely N-dealkylation sites (tertiary alicyclic amines) is 1. The van der Waals surface area contributed by atoms with E-state index in [1.54, 1.807) is 0 Å². The number of carbonyl (C=O) groups excluding carboxylic acids is 1. The van der Waals surface area contributed by atoms with Crippen molar-refractivity contribution in [2.24, 2.45) is 0 Å². The van der Waals surface area contributed by atoms with Gasteiger partial charge in [-0.25, -0.2) is 14.8 Å². The molecule has 5 aromatic rings. The Morgan fingerprint density at radius 2 is 1.74 bits per heavy atom. The third-order valence-electron chi connectivity index (χ3n) is 6.72. The number of hydrogen-bond acceptors (Lipinski definition) is 4. The smallest absolute Gasteiger partial charge is 0.317 e. The number of urea groups is 1. The third kappa shape index (κ3) is 4.49. The highest BCUT2D eigenvalue weighted by Crippen LogP contribution is 2.29. The molecule has 2 amide bonds. The van der Waals surface area contributed by atoms with Gasteiger partial charge in [-0.15, -0.1) is 0 Å². The molecule has 176 valence electrons. The number of rotatable bonds is 5. The number of imidazole rings is 1. The average molecular weight is 466 g/mol. The number of nitrogens with zero attached hydrogens (tertiary/aromatic N) is 4. The lowest BCUT2D eigenvalue weighted by atomic mass is 9.98. The van der Waals surface area contributed by atoms with E-state index in [2.05, 4.69) is 50.2 Å². The first-order chi connectivity index (χ1) is 17.2. The first-order valence-electron chi connectivity index (χ1n) is 12.1. The van der Waals surface area contributed by atoms with Crippen LogP contribution in [0.25, 0.3) is 22.1 Å². The minimum Gasteiger partial charge on any atom is -0.440 e. The number of carbonyl (C=O) groups is 1. The highest BCUT2D eigenvalue weighted by Gasteiger charge is 2.28. The van der Waals surface area contributed by atoms with E-state index in [0.717, 1.165) is 59.5 Å². The van der Waals surface area contributed by atoms with Gasteiger partial charge >= 0.3 is 6.03 Å². The van der Waals surface area contributed by atoms with Gasteiger partial charge in [0.2, 0.25) is 0 Å². The molecule has 0 saturated carbocycles. The first-order valence-corrected chi connectivity index (χ1v) is 12.1. The second kappa shape index (κ2) is 9.25. The zero-order valence-corrected chi connectivity index (χ0v) is 19.4. The van der Waals surface area contributed by atoms with Crippen molar-refractivity contribution >= 4 is 28.2 Å². The second-order valence-electron chi connectivity index (χ2n) is 9.14. The summed E-state index contributed by atoms with van der Waals surface area (Å²) in [6.45, 7) is 2.63. The van der Waals surface area contributed by atoms with Crippen LogP contribution in [0.5, 0.6) is 0 Å². The molecule has 1 aliphatic heterocycles. The van der Waals surface area contributed by atoms with E-state index < -0.39 is 0 Å². The van der Waals surface area contributed by atoms with Crippen LogP contribution in [-0.2, 0) is 13.1 Å². The minimum atomic E-state index is -0.0419. The number of piperidine rings is 1. The lowest BCUT2D eigenvalue weighted by Gasteiger charge is -2.31. The maximum atomic E-state index is 12.9. The third-order valence-corrected chi connectivity index (χ3v) is 6.72. The summed E-state index contributed by atoms with van der Waals surface area (Å²) in [5.74, 6) is 0.852. The molecule has 1 N–H and O–H groups in total. The molecule has 3 heterocycles. The van der Waals surface area contributed by atoms with E-state index in [1.165, 1.54) is 5.56 Å². The Balaban J connectivity index is 1.05. The molecule has 1 saturated heterocycles. The Bertz CT molecular complexity index is 1440. The molecule has 1 atom stereocenters. The molecule has 7 nitrogen and oxygen atoms in total. The number of para-hydroxylation sites is 4. The summed E-state index contributed by atoms with van der Waals surface area (Å²) in [5.41, 5.74) is 6.07. The van der Waals surface area contributed by atoms with E-state index in [1.807, 2.05) is 53.7 Å². The van der Waals surface area contributed by atoms with Crippen LogP contribution in [0.1, 0.15) is 35.8 Å². The van der Waals surface area contributed by atoms with Gasteiger partial charge in [0.25, 0.3) is 0 Å². The molecule has 0 aliphatic carbocycles. The number of amides is 2. The maximum Gasteiger partial charge on any atom is 0.317 e. The normalized spacial score (nSPS) is 16.1. The van der Waals surface area contributed by atoms with Gasteiger partial charge in [-0.2, -0.15) is 0 Å². The van der Waals surface area contributed by atoms with Crippen LogP contribution in [0.4, 0.5) is 4.79 Å². The number of oxazole rings is 1. The van der Waals surface area contributed by atoms with Gasteiger partial charge in [0, 0.05) is 26.2 Å². The van der Waals surface area contributed by atoms with E-state index in [0.29, 0.717) is 13.1 Å². The van der Waals surface area contributed by atoms with Crippen LogP contribution < -0.4 is 5.32 Å². The summed E-state index contributed by atoms with van der Waals surface area (Å²) >= 11 is 0. The van der Waals surface area contributed by atoms with Gasteiger partial charge in [-0.3, -0.25) is 0 Å². The molecule has 35 heavy (non-hydrogen) atoms. The van der Waals surface area contributed by atoms with Gasteiger partial charge in [-0.05, 0) is 48.2 Å². The molecule has 0 bridgehead atoms. The minimum absolute atomic E-state index is 0.0419. The summed E-state index contributed by atoms with van der Waals surface area (Å²) in [7, 11) is 0. The zero-order chi connectivity index (χ0) is 23.6. The van der Waals surface area contributed by atoms with Gasteiger partial charge in [0.1, 0.15) is 5.52 Å². The van der Waals surface area contributed by atoms with Gasteiger partial charge in [-0.1, -0.05) is 48.5 Å². The topological polar surface area (TPSA) is 76.2 Å². The predicted octanol–water partition coefficient (Wildman–Crippen LogP) is 5.32. The van der Waals surface area contributed by atoms with Crippen molar-refractivity contribution in [1.82, 2.24) is 24.8 Å². The van der Waals surface area contributed by atoms with Crippen LogP contribution in [-0.4, -0.2) is 38.6 Å². The molecule has 6 rings (SSSR count). The molecule has 7 heteroatoms. The number of benzene rings is 3. The summed E-state index contributed by atoms with van der Waals surface area (Å²) in [6.07, 6.45) is 3.80. The largest absolute Gasteiger partial charge is 0.440 e. The lowest BCUT2D eigenvalue weighted by Crippen LogP contribution is -2.44. The van der Waals surface area contributed by atoms with Gasteiger partial charge < -0.3 is 19.2 Å². The van der Waals surface area contributed by atoms with E-state index in [4.69, 9.17) is 4.42 Å². The van der Waals surface area contributed by atoms with E-state index in [-0.39, 0.29) is 11.9 Å². The van der Waals surface area contributed by atoms with Crippen LogP contribution >= 0.6 is 0 Å². The molecular weight excluding hydrogens is 438 g/mol. The Morgan fingerprint density at radius 1 is 0.971 bits per heavy atom. The van der Waals surface area contributed by atoms with Crippen molar-refractivity contribution in [2.75, 3.05) is 13.1 Å². The van der Waals surface area contributed by atoms with Crippen LogP contribution in [0, 0.1) is 0 Å². The zero-order valence-electron chi connectivity index (χ0n) is 19.4. The Kier molecular flexibility index (Phi) is 5.66. The van der Waals surface area contributed by atoms with Gasteiger partial charge in [0.15, 0.2) is 11.5 Å². The molecule has 0 radical (unpaired) electrons. The number of hydrogen-bond donors (Lipinski definition) is 1. The van der Waals surface area contributed by atoms with Crippen LogP contribution in [0.15, 0.2) is 83.5 Å². The Morgan fingerprint density at radius 3 is 2.60 bits per heavy atom. The quantitative estimate of drug-likeness (QED) is 0.381. The molecule has 1 aliphatic rings. The van der Waals surface area contributed by atoms with Crippen molar-refractivity contribution < 1.29 is 9.21 Å². The molecule has 1 fully saturated rings. The molecule has 2 aromatic heterocycles. The number of aromatic nitrogens is 3. The van der Waals surface area contributed by atoms with Crippen molar-refractivity contribution in [3.05, 3.63) is 96.1 Å². The van der Waals surface area contributed by atoms with Crippen molar-refractivity contribution in [3.63, 3.8) is 0 Å². The molecule has 3 aromatic carbocycles. The van der Waals surface area contributed by atoms with E-state index >= 15 is 0 Å². The SMILES string of the molecule is O=C(NCc1ccc(Cn2cnc3ccccc32)cc1)N1CCCC(c2nc3ccccc3o2)C1. The summed E-state index contributed by atoms with van der Waals surface area (Å²) in [5, 5.41) is 3.08. The van der Waals surface area contributed by atoms with Crippen molar-refractivity contribution in [2.45, 2.75) is 31.8 Å². The molecule has 0 spiro atoms. The molecule has 1 unspecified atom stereocenters. The standard InChI is InChI=1S/C28H27N5O2/c34-28(32-15-5-6-22(18-32)27-31-24-8-2-4-10-26(24)35-27)29-16-20-11-13-21(14-12-20)17-33-19-30-23-7-1-3-9-25(23)33/h1-4,7-14,19,22H,5-6,15-18H2,(H,29,34). The Hall–Kier alpha value is -4.13. The summed E-state index contributed by atoms with van der Waals surface area (Å²) in [6, 6.07) is 24.3. The van der Waals surface area contributed by atoms with Gasteiger partial charge in [0.05, 0.1) is 23.3 Å². The average Bonchev–Trinajstić information content (AvgIpc) is 3.53. The van der Waals surface area contributed by atoms with Crippen LogP contribution in [0.3, 0.4) is 0 Å². The number of nitrogens with one attached hydrogen (secondary N) is 1. The molecular formula is C28H27N5O2. The second-order valence-corrected chi connectivity index (χ2v) is 9.14. The van der Waals surface area contributed by atoms with Crippen LogP contribution in [0.2, 0.25) is 0 Å². The highest BCUT2D eigenvalue weighted by atomic mass is 16.3. The monoisotopic (exact) mass is 465 g/mol. The fraction of sp³-hybridized carbons (Fsp3) is 0.250. The number of fused-ring (bicyclic) bond motifs is 2. The lowest BCUT2D eigenvalue weighted by molar-refractivity contribution is 0.174. The fourth-order valence-corrected chi connectivity index (χ4v) is 4.81. The highest BCUT2D eigenvalue weighted by molar-refractivity contribution is 5.75. The van der Waals surface area contributed by atoms with E-state index in [9.17, 15) is 4.79 Å². The van der Waals surface area contributed by atoms with Crippen molar-refractivity contribution in [3.8, 4) is 0 Å². The Labute approximate surface area is 203 Å². The van der Waals surface area contributed by atoms with Crippen molar-refractivity contribution in [1.29, 1.82) is 0 Å². The predicted molar refractivity (Wildman–Crippen MR) is 135 cm³/mol.